The van der Waals surface area contributed by atoms with Crippen molar-refractivity contribution in [2.24, 2.45) is 0 Å². The van der Waals surface area contributed by atoms with Crippen molar-refractivity contribution in [3.05, 3.63) is 35.9 Å². The first-order chi connectivity index (χ1) is 7.24. The number of ether oxygens (including phenoxy) is 1. The zero-order chi connectivity index (χ0) is 11.1. The van der Waals surface area contributed by atoms with Gasteiger partial charge in [0, 0.05) is 6.42 Å². The summed E-state index contributed by atoms with van der Waals surface area (Å²) in [6, 6.07) is 9.30. The Kier molecular flexibility index (Phi) is 4.84. The normalized spacial score (nSPS) is 12.1. The first-order valence-corrected chi connectivity index (χ1v) is 5.12. The molecule has 1 rings (SSSR count). The second-order valence-corrected chi connectivity index (χ2v) is 3.27. The largest absolute Gasteiger partial charge is 0.466 e. The van der Waals surface area contributed by atoms with Gasteiger partial charge in [0.25, 0.3) is 0 Å². The number of hydrogen-bond acceptors (Lipinski definition) is 3. The molecular weight excluding hydrogens is 192 g/mol. The van der Waals surface area contributed by atoms with Gasteiger partial charge in [-0.15, -0.1) is 0 Å². The van der Waals surface area contributed by atoms with E-state index in [1.807, 2.05) is 30.3 Å². The third kappa shape index (κ3) is 4.13. The van der Waals surface area contributed by atoms with Gasteiger partial charge in [0.2, 0.25) is 0 Å². The number of carbonyl (C=O) groups is 1. The number of hydrogen-bond donors (Lipinski definition) is 1. The number of esters is 1. The predicted molar refractivity (Wildman–Crippen MR) is 57.3 cm³/mol. The highest BCUT2D eigenvalue weighted by molar-refractivity contribution is 5.69. The smallest absolute Gasteiger partial charge is 0.305 e. The van der Waals surface area contributed by atoms with E-state index >= 15 is 0 Å². The van der Waals surface area contributed by atoms with Crippen molar-refractivity contribution in [1.82, 2.24) is 0 Å². The first kappa shape index (κ1) is 11.7. The lowest BCUT2D eigenvalue weighted by molar-refractivity contribution is -0.143. The van der Waals surface area contributed by atoms with Crippen LogP contribution in [0.5, 0.6) is 0 Å². The maximum absolute atomic E-state index is 11.0. The average molecular weight is 208 g/mol. The molecule has 82 valence electrons. The van der Waals surface area contributed by atoms with E-state index < -0.39 is 6.10 Å². The lowest BCUT2D eigenvalue weighted by atomic mass is 10.1. The van der Waals surface area contributed by atoms with Crippen molar-refractivity contribution >= 4 is 5.97 Å². The summed E-state index contributed by atoms with van der Waals surface area (Å²) in [7, 11) is 0. The summed E-state index contributed by atoms with van der Waals surface area (Å²) in [6.45, 7) is 2.16. The van der Waals surface area contributed by atoms with Gasteiger partial charge in [0.1, 0.15) is 0 Å². The van der Waals surface area contributed by atoms with Crippen molar-refractivity contribution in [2.75, 3.05) is 6.61 Å². The van der Waals surface area contributed by atoms with Crippen LogP contribution < -0.4 is 0 Å². The second-order valence-electron chi connectivity index (χ2n) is 3.27. The van der Waals surface area contributed by atoms with Crippen LogP contribution in [-0.4, -0.2) is 17.7 Å². The number of rotatable bonds is 5. The summed E-state index contributed by atoms with van der Waals surface area (Å²) in [6.07, 6.45) is 0.0721. The standard InChI is InChI=1S/C12H16O3/c1-2-15-12(14)9-8-11(13)10-6-4-3-5-7-10/h3-7,11,13H,2,8-9H2,1H3/t11-/m1/s1. The maximum atomic E-state index is 11.0. The van der Waals surface area contributed by atoms with Crippen LogP contribution in [0.25, 0.3) is 0 Å². The van der Waals surface area contributed by atoms with Crippen LogP contribution in [0.15, 0.2) is 30.3 Å². The molecule has 0 fully saturated rings. The van der Waals surface area contributed by atoms with E-state index in [0.717, 1.165) is 5.56 Å². The van der Waals surface area contributed by atoms with Crippen LogP contribution in [0.2, 0.25) is 0 Å². The second kappa shape index (κ2) is 6.19. The topological polar surface area (TPSA) is 46.5 Å². The lowest BCUT2D eigenvalue weighted by Gasteiger charge is -2.09. The van der Waals surface area contributed by atoms with Crippen molar-refractivity contribution < 1.29 is 14.6 Å². The van der Waals surface area contributed by atoms with Gasteiger partial charge in [0.05, 0.1) is 12.7 Å². The van der Waals surface area contributed by atoms with Gasteiger partial charge >= 0.3 is 5.97 Å². The summed E-state index contributed by atoms with van der Waals surface area (Å²) in [4.78, 5) is 11.0. The van der Waals surface area contributed by atoms with E-state index in [-0.39, 0.29) is 12.4 Å². The minimum atomic E-state index is -0.587. The number of aliphatic hydroxyl groups is 1. The number of aliphatic hydroxyl groups excluding tert-OH is 1. The van der Waals surface area contributed by atoms with Crippen LogP contribution in [0.1, 0.15) is 31.4 Å². The fraction of sp³-hybridized carbons (Fsp3) is 0.417. The summed E-state index contributed by atoms with van der Waals surface area (Å²) in [5.74, 6) is -0.257. The highest BCUT2D eigenvalue weighted by atomic mass is 16.5. The van der Waals surface area contributed by atoms with Gasteiger partial charge in [-0.05, 0) is 18.9 Å². The molecule has 0 aromatic heterocycles. The molecule has 15 heavy (non-hydrogen) atoms. The molecule has 0 saturated heterocycles. The molecule has 0 saturated carbocycles. The molecule has 3 heteroatoms. The molecule has 0 aliphatic heterocycles. The van der Waals surface area contributed by atoms with Gasteiger partial charge in [0.15, 0.2) is 0 Å². The molecule has 0 heterocycles. The highest BCUT2D eigenvalue weighted by Crippen LogP contribution is 2.17. The van der Waals surface area contributed by atoms with Crippen LogP contribution in [0, 0.1) is 0 Å². The molecule has 0 amide bonds. The molecule has 1 aromatic rings. The first-order valence-electron chi connectivity index (χ1n) is 5.12. The Hall–Kier alpha value is -1.35. The quantitative estimate of drug-likeness (QED) is 0.753. The Morgan fingerprint density at radius 3 is 2.67 bits per heavy atom. The summed E-state index contributed by atoms with van der Waals surface area (Å²) < 4.78 is 4.78. The van der Waals surface area contributed by atoms with Gasteiger partial charge in [-0.25, -0.2) is 0 Å². The van der Waals surface area contributed by atoms with E-state index in [9.17, 15) is 9.90 Å². The minimum absolute atomic E-state index is 0.254. The van der Waals surface area contributed by atoms with E-state index in [1.54, 1.807) is 6.92 Å². The van der Waals surface area contributed by atoms with Crippen molar-refractivity contribution in [1.29, 1.82) is 0 Å². The summed E-state index contributed by atoms with van der Waals surface area (Å²) in [5.41, 5.74) is 0.835. The zero-order valence-corrected chi connectivity index (χ0v) is 8.85. The predicted octanol–water partition coefficient (Wildman–Crippen LogP) is 2.06. The SMILES string of the molecule is CCOC(=O)CC[C@@H](O)c1ccccc1. The van der Waals surface area contributed by atoms with E-state index in [4.69, 9.17) is 4.74 Å². The number of benzene rings is 1. The average Bonchev–Trinajstić information content (AvgIpc) is 2.27. The van der Waals surface area contributed by atoms with Crippen molar-refractivity contribution in [3.8, 4) is 0 Å². The molecule has 0 aliphatic rings. The van der Waals surface area contributed by atoms with E-state index in [0.29, 0.717) is 13.0 Å². The molecule has 3 nitrogen and oxygen atoms in total. The van der Waals surface area contributed by atoms with Gasteiger partial charge in [-0.1, -0.05) is 30.3 Å². The Balaban J connectivity index is 2.37. The Morgan fingerprint density at radius 2 is 2.07 bits per heavy atom. The third-order valence-electron chi connectivity index (χ3n) is 2.11. The molecule has 0 unspecified atom stereocenters. The monoisotopic (exact) mass is 208 g/mol. The Morgan fingerprint density at radius 1 is 1.40 bits per heavy atom. The Labute approximate surface area is 89.7 Å². The molecular formula is C12H16O3. The third-order valence-corrected chi connectivity index (χ3v) is 2.11. The summed E-state index contributed by atoms with van der Waals surface area (Å²) in [5, 5.41) is 9.73. The van der Waals surface area contributed by atoms with Crippen LogP contribution in [-0.2, 0) is 9.53 Å². The lowest BCUT2D eigenvalue weighted by Crippen LogP contribution is -2.06. The summed E-state index contributed by atoms with van der Waals surface area (Å²) >= 11 is 0. The van der Waals surface area contributed by atoms with Gasteiger partial charge in [-0.2, -0.15) is 0 Å². The van der Waals surface area contributed by atoms with E-state index in [2.05, 4.69) is 0 Å². The molecule has 0 spiro atoms. The molecule has 1 atom stereocenters. The molecule has 1 aromatic carbocycles. The molecule has 0 radical (unpaired) electrons. The van der Waals surface area contributed by atoms with Crippen LogP contribution in [0.3, 0.4) is 0 Å². The molecule has 1 N–H and O–H groups in total. The van der Waals surface area contributed by atoms with Crippen molar-refractivity contribution in [2.45, 2.75) is 25.9 Å². The van der Waals surface area contributed by atoms with Crippen LogP contribution in [0.4, 0.5) is 0 Å². The van der Waals surface area contributed by atoms with Gasteiger partial charge < -0.3 is 9.84 Å². The fourth-order valence-electron chi connectivity index (χ4n) is 1.33. The van der Waals surface area contributed by atoms with E-state index in [1.165, 1.54) is 0 Å². The zero-order valence-electron chi connectivity index (χ0n) is 8.85. The van der Waals surface area contributed by atoms with Crippen LogP contribution >= 0.6 is 0 Å². The number of carbonyl (C=O) groups excluding carboxylic acids is 1. The highest BCUT2D eigenvalue weighted by Gasteiger charge is 2.10. The van der Waals surface area contributed by atoms with Gasteiger partial charge in [-0.3, -0.25) is 4.79 Å². The minimum Gasteiger partial charge on any atom is -0.466 e. The molecule has 0 aliphatic carbocycles. The van der Waals surface area contributed by atoms with Crippen molar-refractivity contribution in [3.63, 3.8) is 0 Å². The maximum Gasteiger partial charge on any atom is 0.305 e. The Bertz CT molecular complexity index is 295. The fourth-order valence-corrected chi connectivity index (χ4v) is 1.33. The molecule has 0 bridgehead atoms.